The van der Waals surface area contributed by atoms with Crippen LogP contribution in [0.5, 0.6) is 0 Å². The first kappa shape index (κ1) is 25.1. The fraction of sp³-hybridized carbons (Fsp3) is 0.750. The zero-order valence-electron chi connectivity index (χ0n) is 17.9. The van der Waals surface area contributed by atoms with E-state index in [1.165, 1.54) is 0 Å². The molecule has 0 bridgehead atoms. The van der Waals surface area contributed by atoms with E-state index in [1.807, 2.05) is 15.9 Å². The lowest BCUT2D eigenvalue weighted by atomic mass is 9.90. The highest BCUT2D eigenvalue weighted by molar-refractivity contribution is 5.90. The van der Waals surface area contributed by atoms with Gasteiger partial charge in [-0.05, 0) is 33.1 Å². The lowest BCUT2D eigenvalue weighted by Crippen LogP contribution is -2.68. The van der Waals surface area contributed by atoms with Gasteiger partial charge >= 0.3 is 12.1 Å². The molecule has 8 nitrogen and oxygen atoms in total. The quantitative estimate of drug-likeness (QED) is 0.655. The molecule has 0 aromatic rings. The lowest BCUT2D eigenvalue weighted by Gasteiger charge is -2.48. The van der Waals surface area contributed by atoms with Gasteiger partial charge in [0, 0.05) is 45.4 Å². The SMILES string of the molecule is C=CCN1CCN(C(C)C)C(=O)C12CCN(C(=O)C1CCCO1)C2.O=C(O)C(F)(F)F. The van der Waals surface area contributed by atoms with Gasteiger partial charge in [0.1, 0.15) is 11.6 Å². The number of carbonyl (C=O) groups excluding carboxylic acids is 2. The van der Waals surface area contributed by atoms with Crippen molar-refractivity contribution in [3.05, 3.63) is 12.7 Å². The van der Waals surface area contributed by atoms with E-state index >= 15 is 0 Å². The Morgan fingerprint density at radius 2 is 1.97 bits per heavy atom. The van der Waals surface area contributed by atoms with Gasteiger partial charge in [0.25, 0.3) is 5.91 Å². The number of ether oxygens (including phenoxy) is 1. The largest absolute Gasteiger partial charge is 0.490 e. The third kappa shape index (κ3) is 5.57. The van der Waals surface area contributed by atoms with Crippen LogP contribution < -0.4 is 0 Å². The molecule has 176 valence electrons. The van der Waals surface area contributed by atoms with Gasteiger partial charge in [-0.25, -0.2) is 4.79 Å². The molecule has 1 N–H and O–H groups in total. The molecule has 3 aliphatic rings. The molecule has 0 radical (unpaired) electrons. The van der Waals surface area contributed by atoms with Crippen molar-refractivity contribution in [2.45, 2.75) is 57.0 Å². The second-order valence-corrected chi connectivity index (χ2v) is 8.17. The Balaban J connectivity index is 0.000000423. The number of hydrogen-bond acceptors (Lipinski definition) is 5. The number of amides is 2. The van der Waals surface area contributed by atoms with E-state index < -0.39 is 17.7 Å². The van der Waals surface area contributed by atoms with E-state index in [0.717, 1.165) is 25.9 Å². The molecule has 2 atom stereocenters. The fourth-order valence-corrected chi connectivity index (χ4v) is 4.25. The maximum absolute atomic E-state index is 13.2. The molecule has 3 fully saturated rings. The maximum Gasteiger partial charge on any atom is 0.490 e. The predicted octanol–water partition coefficient (Wildman–Crippen LogP) is 1.51. The van der Waals surface area contributed by atoms with Crippen LogP contribution >= 0.6 is 0 Å². The summed E-state index contributed by atoms with van der Waals surface area (Å²) in [4.78, 5) is 40.9. The molecule has 3 aliphatic heterocycles. The minimum Gasteiger partial charge on any atom is -0.475 e. The molecular formula is C20H30F3N3O5. The van der Waals surface area contributed by atoms with Crippen LogP contribution in [0.1, 0.15) is 33.1 Å². The van der Waals surface area contributed by atoms with Crippen LogP contribution in [0.4, 0.5) is 13.2 Å². The molecule has 0 aliphatic carbocycles. The summed E-state index contributed by atoms with van der Waals surface area (Å²) in [7, 11) is 0. The van der Waals surface area contributed by atoms with Gasteiger partial charge in [0.05, 0.1) is 0 Å². The second-order valence-electron chi connectivity index (χ2n) is 8.17. The van der Waals surface area contributed by atoms with Crippen molar-refractivity contribution < 1.29 is 37.4 Å². The van der Waals surface area contributed by atoms with Crippen molar-refractivity contribution >= 4 is 17.8 Å². The Morgan fingerprint density at radius 3 is 2.45 bits per heavy atom. The first-order valence-electron chi connectivity index (χ1n) is 10.3. The maximum atomic E-state index is 13.2. The van der Waals surface area contributed by atoms with Crippen molar-refractivity contribution in [3.63, 3.8) is 0 Å². The molecule has 2 unspecified atom stereocenters. The van der Waals surface area contributed by atoms with Gasteiger partial charge in [-0.15, -0.1) is 6.58 Å². The number of alkyl halides is 3. The van der Waals surface area contributed by atoms with E-state index in [2.05, 4.69) is 25.3 Å². The number of halogens is 3. The van der Waals surface area contributed by atoms with E-state index in [-0.39, 0.29) is 24.0 Å². The highest BCUT2D eigenvalue weighted by Crippen LogP contribution is 2.34. The molecule has 11 heteroatoms. The number of carbonyl (C=O) groups is 3. The average Bonchev–Trinajstić information content (AvgIpc) is 3.36. The number of rotatable bonds is 4. The summed E-state index contributed by atoms with van der Waals surface area (Å²) in [5.41, 5.74) is -0.592. The highest BCUT2D eigenvalue weighted by atomic mass is 19.4. The fourth-order valence-electron chi connectivity index (χ4n) is 4.25. The van der Waals surface area contributed by atoms with Gasteiger partial charge in [0.15, 0.2) is 0 Å². The van der Waals surface area contributed by atoms with E-state index in [1.54, 1.807) is 0 Å². The van der Waals surface area contributed by atoms with Gasteiger partial charge in [0.2, 0.25) is 5.91 Å². The van der Waals surface area contributed by atoms with Crippen LogP contribution in [0.15, 0.2) is 12.7 Å². The van der Waals surface area contributed by atoms with E-state index in [4.69, 9.17) is 14.6 Å². The van der Waals surface area contributed by atoms with Crippen LogP contribution in [0, 0.1) is 0 Å². The summed E-state index contributed by atoms with van der Waals surface area (Å²) >= 11 is 0. The monoisotopic (exact) mass is 449 g/mol. The Bertz CT molecular complexity index is 694. The predicted molar refractivity (Wildman–Crippen MR) is 105 cm³/mol. The molecular weight excluding hydrogens is 419 g/mol. The Morgan fingerprint density at radius 1 is 1.32 bits per heavy atom. The van der Waals surface area contributed by atoms with Crippen LogP contribution in [0.3, 0.4) is 0 Å². The summed E-state index contributed by atoms with van der Waals surface area (Å²) in [5, 5.41) is 7.12. The Kier molecular flexibility index (Phi) is 8.09. The zero-order valence-corrected chi connectivity index (χ0v) is 17.9. The lowest BCUT2D eigenvalue weighted by molar-refractivity contribution is -0.192. The van der Waals surface area contributed by atoms with Crippen LogP contribution in [-0.4, -0.2) is 101 Å². The summed E-state index contributed by atoms with van der Waals surface area (Å²) in [5.74, 6) is -2.54. The van der Waals surface area contributed by atoms with Crippen molar-refractivity contribution in [3.8, 4) is 0 Å². The van der Waals surface area contributed by atoms with Gasteiger partial charge in [-0.2, -0.15) is 13.2 Å². The second kappa shape index (κ2) is 9.99. The highest BCUT2D eigenvalue weighted by Gasteiger charge is 2.54. The Hall–Kier alpha value is -2.14. The van der Waals surface area contributed by atoms with Gasteiger partial charge < -0.3 is 19.6 Å². The third-order valence-corrected chi connectivity index (χ3v) is 5.85. The normalized spacial score (nSPS) is 26.9. The third-order valence-electron chi connectivity index (χ3n) is 5.85. The summed E-state index contributed by atoms with van der Waals surface area (Å²) in [6.45, 7) is 12.0. The topological polar surface area (TPSA) is 90.4 Å². The first-order chi connectivity index (χ1) is 14.4. The zero-order chi connectivity index (χ0) is 23.4. The molecule has 0 aromatic carbocycles. The molecule has 2 amide bonds. The minimum absolute atomic E-state index is 0.0531. The van der Waals surface area contributed by atoms with Crippen molar-refractivity contribution in [1.82, 2.24) is 14.7 Å². The standard InChI is InChI=1S/C18H29N3O3.C2HF3O2/c1-4-8-20-10-11-21(14(2)3)17(23)18(20)7-9-19(13-18)16(22)15-6-5-12-24-15;3-2(4,5)1(6)7/h4,14-15H,1,5-13H2,2-3H3;(H,6,7). The van der Waals surface area contributed by atoms with Crippen molar-refractivity contribution in [1.29, 1.82) is 0 Å². The van der Waals surface area contributed by atoms with Gasteiger partial charge in [-0.3, -0.25) is 14.5 Å². The molecule has 3 rings (SSSR count). The smallest absolute Gasteiger partial charge is 0.475 e. The van der Waals surface area contributed by atoms with Crippen LogP contribution in [-0.2, 0) is 19.1 Å². The van der Waals surface area contributed by atoms with E-state index in [9.17, 15) is 22.8 Å². The summed E-state index contributed by atoms with van der Waals surface area (Å²) < 4.78 is 37.3. The first-order valence-corrected chi connectivity index (χ1v) is 10.3. The number of likely N-dealkylation sites (tertiary alicyclic amines) is 1. The Labute approximate surface area is 179 Å². The number of piperazine rings is 1. The van der Waals surface area contributed by atoms with Gasteiger partial charge in [-0.1, -0.05) is 6.08 Å². The number of hydrogen-bond donors (Lipinski definition) is 1. The molecule has 3 saturated heterocycles. The number of nitrogens with zero attached hydrogens (tertiary/aromatic N) is 3. The molecule has 31 heavy (non-hydrogen) atoms. The number of carboxylic acid groups (broad SMARTS) is 1. The molecule has 3 heterocycles. The van der Waals surface area contributed by atoms with E-state index in [0.29, 0.717) is 32.7 Å². The molecule has 1 spiro atoms. The summed E-state index contributed by atoms with van der Waals surface area (Å²) in [6.07, 6.45) is -1.11. The summed E-state index contributed by atoms with van der Waals surface area (Å²) in [6, 6.07) is 0.183. The van der Waals surface area contributed by atoms with Crippen LogP contribution in [0.2, 0.25) is 0 Å². The number of carboxylic acids is 1. The molecule has 0 aromatic heterocycles. The molecule has 0 saturated carbocycles. The number of aliphatic carboxylic acids is 1. The van der Waals surface area contributed by atoms with Crippen molar-refractivity contribution in [2.75, 3.05) is 39.3 Å². The van der Waals surface area contributed by atoms with Crippen LogP contribution in [0.25, 0.3) is 0 Å². The van der Waals surface area contributed by atoms with Crippen molar-refractivity contribution in [2.24, 2.45) is 0 Å². The average molecular weight is 449 g/mol. The minimum atomic E-state index is -5.08.